The molecule has 1 aromatic rings. The second-order valence-corrected chi connectivity index (χ2v) is 4.22. The van der Waals surface area contributed by atoms with Crippen molar-refractivity contribution in [3.63, 3.8) is 0 Å². The molecule has 6 nitrogen and oxygen atoms in total. The average Bonchev–Trinajstić information content (AvgIpc) is 2.65. The van der Waals surface area contributed by atoms with E-state index in [2.05, 4.69) is 4.98 Å². The van der Waals surface area contributed by atoms with Gasteiger partial charge in [0.15, 0.2) is 0 Å². The van der Waals surface area contributed by atoms with E-state index in [4.69, 9.17) is 5.11 Å². The molecule has 2 atom stereocenters. The van der Waals surface area contributed by atoms with Crippen LogP contribution in [0.15, 0.2) is 27.4 Å². The Morgan fingerprint density at radius 3 is 2.82 bits per heavy atom. The van der Waals surface area contributed by atoms with Crippen molar-refractivity contribution < 1.29 is 10.2 Å². The maximum absolute atomic E-state index is 11.6. The first-order chi connectivity index (χ1) is 8.02. The summed E-state index contributed by atoms with van der Waals surface area (Å²) in [5.41, 5.74) is 0.138. The fraction of sp³-hybridized carbons (Fsp3) is 0.455. The summed E-state index contributed by atoms with van der Waals surface area (Å²) < 4.78 is 1.31. The van der Waals surface area contributed by atoms with Gasteiger partial charge < -0.3 is 10.2 Å². The second-order valence-electron chi connectivity index (χ2n) is 4.22. The molecule has 1 aliphatic rings. The lowest BCUT2D eigenvalue weighted by Gasteiger charge is -2.17. The van der Waals surface area contributed by atoms with Crippen LogP contribution < -0.4 is 11.2 Å². The van der Waals surface area contributed by atoms with E-state index in [9.17, 15) is 14.7 Å². The van der Waals surface area contributed by atoms with Gasteiger partial charge in [-0.2, -0.15) is 0 Å². The van der Waals surface area contributed by atoms with Gasteiger partial charge >= 0.3 is 5.69 Å². The van der Waals surface area contributed by atoms with Gasteiger partial charge in [0.2, 0.25) is 0 Å². The molecule has 0 saturated heterocycles. The second kappa shape index (κ2) is 4.31. The molecule has 1 aromatic heterocycles. The molecule has 0 amide bonds. The quantitative estimate of drug-likeness (QED) is 0.580. The molecule has 0 aromatic carbocycles. The van der Waals surface area contributed by atoms with Gasteiger partial charge in [0.1, 0.15) is 0 Å². The Balaban J connectivity index is 2.40. The van der Waals surface area contributed by atoms with Crippen LogP contribution in [0.5, 0.6) is 0 Å². The third-order valence-electron chi connectivity index (χ3n) is 2.98. The maximum atomic E-state index is 11.6. The van der Waals surface area contributed by atoms with E-state index >= 15 is 0 Å². The van der Waals surface area contributed by atoms with Crippen LogP contribution in [0.25, 0.3) is 0 Å². The molecular formula is C11H14N2O4. The third kappa shape index (κ3) is 2.09. The van der Waals surface area contributed by atoms with Crippen LogP contribution in [-0.4, -0.2) is 32.5 Å². The van der Waals surface area contributed by atoms with Gasteiger partial charge in [0, 0.05) is 11.8 Å². The fourth-order valence-corrected chi connectivity index (χ4v) is 2.02. The Morgan fingerprint density at radius 2 is 2.24 bits per heavy atom. The van der Waals surface area contributed by atoms with E-state index in [1.165, 1.54) is 16.8 Å². The minimum Gasteiger partial charge on any atom is -0.392 e. The molecule has 3 N–H and O–H groups in total. The zero-order valence-electron chi connectivity index (χ0n) is 9.38. The monoisotopic (exact) mass is 238 g/mol. The van der Waals surface area contributed by atoms with Crippen LogP contribution in [0.2, 0.25) is 0 Å². The predicted octanol–water partition coefficient (Wildman–Crippen LogP) is -0.931. The average molecular weight is 238 g/mol. The molecule has 1 heterocycles. The highest BCUT2D eigenvalue weighted by atomic mass is 16.3. The van der Waals surface area contributed by atoms with Crippen LogP contribution >= 0.6 is 0 Å². The SMILES string of the molecule is Cc1cn([C@@H]2CC(CO)=C[C@H]2O)c(=O)[nH]c1=O. The van der Waals surface area contributed by atoms with E-state index in [-0.39, 0.29) is 6.61 Å². The van der Waals surface area contributed by atoms with Gasteiger partial charge in [-0.05, 0) is 18.9 Å². The molecule has 6 heteroatoms. The summed E-state index contributed by atoms with van der Waals surface area (Å²) in [5, 5.41) is 18.8. The van der Waals surface area contributed by atoms with Gasteiger partial charge in [-0.15, -0.1) is 0 Å². The van der Waals surface area contributed by atoms with E-state index in [0.29, 0.717) is 17.6 Å². The first kappa shape index (κ1) is 11.8. The zero-order valence-corrected chi connectivity index (χ0v) is 9.38. The van der Waals surface area contributed by atoms with Crippen LogP contribution in [0, 0.1) is 6.92 Å². The highest BCUT2D eigenvalue weighted by Gasteiger charge is 2.27. The number of aromatic amines is 1. The Bertz CT molecular complexity index is 570. The summed E-state index contributed by atoms with van der Waals surface area (Å²) in [7, 11) is 0. The van der Waals surface area contributed by atoms with Crippen LogP contribution in [0.3, 0.4) is 0 Å². The van der Waals surface area contributed by atoms with Crippen molar-refractivity contribution in [2.24, 2.45) is 0 Å². The van der Waals surface area contributed by atoms with Gasteiger partial charge in [0.25, 0.3) is 5.56 Å². The summed E-state index contributed by atoms with van der Waals surface area (Å²) >= 11 is 0. The number of hydrogen-bond donors (Lipinski definition) is 3. The molecule has 1 aliphatic carbocycles. The lowest BCUT2D eigenvalue weighted by molar-refractivity contribution is 0.164. The number of rotatable bonds is 2. The molecule has 0 fully saturated rings. The molecule has 0 aliphatic heterocycles. The van der Waals surface area contributed by atoms with Crippen molar-refractivity contribution in [2.45, 2.75) is 25.5 Å². The topological polar surface area (TPSA) is 95.3 Å². The Morgan fingerprint density at radius 1 is 1.53 bits per heavy atom. The first-order valence-electron chi connectivity index (χ1n) is 5.33. The number of aliphatic hydroxyl groups is 2. The summed E-state index contributed by atoms with van der Waals surface area (Å²) in [5.74, 6) is 0. The van der Waals surface area contributed by atoms with Crippen molar-refractivity contribution in [3.05, 3.63) is 44.2 Å². The van der Waals surface area contributed by atoms with Gasteiger partial charge in [-0.3, -0.25) is 14.3 Å². The van der Waals surface area contributed by atoms with Crippen molar-refractivity contribution in [3.8, 4) is 0 Å². The van der Waals surface area contributed by atoms with Crippen molar-refractivity contribution in [2.75, 3.05) is 6.61 Å². The smallest absolute Gasteiger partial charge is 0.328 e. The Hall–Kier alpha value is -1.66. The minimum atomic E-state index is -0.819. The van der Waals surface area contributed by atoms with Crippen molar-refractivity contribution >= 4 is 0 Å². The number of H-pyrrole nitrogens is 1. The lowest BCUT2D eigenvalue weighted by Crippen LogP contribution is -2.35. The first-order valence-corrected chi connectivity index (χ1v) is 5.33. The predicted molar refractivity (Wildman–Crippen MR) is 60.9 cm³/mol. The summed E-state index contributed by atoms with van der Waals surface area (Å²) in [6, 6.07) is -0.458. The van der Waals surface area contributed by atoms with Gasteiger partial charge in [0.05, 0.1) is 18.8 Å². The largest absolute Gasteiger partial charge is 0.392 e. The number of aromatic nitrogens is 2. The molecule has 17 heavy (non-hydrogen) atoms. The van der Waals surface area contributed by atoms with Crippen LogP contribution in [-0.2, 0) is 0 Å². The van der Waals surface area contributed by atoms with E-state index < -0.39 is 23.4 Å². The number of aliphatic hydroxyl groups excluding tert-OH is 2. The standard InChI is InChI=1S/C11H14N2O4/c1-6-4-13(11(17)12-10(6)16)8-2-7(5-14)3-9(8)15/h3-4,8-9,14-15H,2,5H2,1H3,(H,12,16,17)/t8-,9-/m1/s1. The van der Waals surface area contributed by atoms with Crippen molar-refractivity contribution in [1.82, 2.24) is 9.55 Å². The van der Waals surface area contributed by atoms with Gasteiger partial charge in [-0.25, -0.2) is 4.79 Å². The van der Waals surface area contributed by atoms with E-state index in [0.717, 1.165) is 0 Å². The highest BCUT2D eigenvalue weighted by molar-refractivity contribution is 5.17. The molecule has 2 rings (SSSR count). The number of nitrogens with zero attached hydrogens (tertiary/aromatic N) is 1. The number of aryl methyl sites for hydroxylation is 1. The van der Waals surface area contributed by atoms with Crippen LogP contribution in [0.4, 0.5) is 0 Å². The van der Waals surface area contributed by atoms with Gasteiger partial charge in [-0.1, -0.05) is 6.08 Å². The van der Waals surface area contributed by atoms with E-state index in [1.54, 1.807) is 6.92 Å². The number of hydrogen-bond acceptors (Lipinski definition) is 4. The summed E-state index contributed by atoms with van der Waals surface area (Å²) in [6.45, 7) is 1.46. The zero-order chi connectivity index (χ0) is 12.6. The maximum Gasteiger partial charge on any atom is 0.328 e. The number of nitrogens with one attached hydrogen (secondary N) is 1. The summed E-state index contributed by atoms with van der Waals surface area (Å²) in [6.07, 6.45) is 2.56. The Labute approximate surface area is 96.9 Å². The molecule has 0 spiro atoms. The fourth-order valence-electron chi connectivity index (χ4n) is 2.02. The van der Waals surface area contributed by atoms with Crippen molar-refractivity contribution in [1.29, 1.82) is 0 Å². The molecule has 0 bridgehead atoms. The molecule has 0 saturated carbocycles. The molecular weight excluding hydrogens is 224 g/mol. The normalized spacial score (nSPS) is 23.8. The van der Waals surface area contributed by atoms with E-state index in [1.807, 2.05) is 0 Å². The highest BCUT2D eigenvalue weighted by Crippen LogP contribution is 2.28. The lowest BCUT2D eigenvalue weighted by atomic mass is 10.1. The third-order valence-corrected chi connectivity index (χ3v) is 2.98. The molecule has 0 radical (unpaired) electrons. The molecule has 92 valence electrons. The van der Waals surface area contributed by atoms with Crippen LogP contribution in [0.1, 0.15) is 18.0 Å². The summed E-state index contributed by atoms with van der Waals surface area (Å²) in [4.78, 5) is 25.0. The minimum absolute atomic E-state index is 0.134. The Kier molecular flexibility index (Phi) is 2.99. The molecule has 0 unspecified atom stereocenters.